The minimum Gasteiger partial charge on any atom is -0.497 e. The molecule has 7 heteroatoms. The number of rotatable bonds is 3. The van der Waals surface area contributed by atoms with Crippen LogP contribution in [0.25, 0.3) is 0 Å². The van der Waals surface area contributed by atoms with Crippen LogP contribution >= 0.6 is 34.8 Å². The quantitative estimate of drug-likeness (QED) is 0.806. The van der Waals surface area contributed by atoms with Gasteiger partial charge in [-0.3, -0.25) is 4.79 Å². The molecule has 110 valence electrons. The van der Waals surface area contributed by atoms with Crippen molar-refractivity contribution in [2.75, 3.05) is 18.2 Å². The van der Waals surface area contributed by atoms with Crippen LogP contribution in [0.4, 0.5) is 11.4 Å². The van der Waals surface area contributed by atoms with E-state index < -0.39 is 5.91 Å². The lowest BCUT2D eigenvalue weighted by molar-refractivity contribution is 0.102. The number of nitrogen functional groups attached to an aromatic ring is 1. The molecule has 2 aromatic carbocycles. The molecule has 0 unspecified atom stereocenters. The second kappa shape index (κ2) is 6.43. The van der Waals surface area contributed by atoms with E-state index >= 15 is 0 Å². The average molecular weight is 346 g/mol. The van der Waals surface area contributed by atoms with Crippen LogP contribution < -0.4 is 15.8 Å². The van der Waals surface area contributed by atoms with Gasteiger partial charge in [0.05, 0.1) is 22.8 Å². The number of carbonyl (C=O) groups excluding carboxylic acids is 1. The number of hydrogen-bond acceptors (Lipinski definition) is 3. The largest absolute Gasteiger partial charge is 0.497 e. The maximum atomic E-state index is 12.3. The van der Waals surface area contributed by atoms with Gasteiger partial charge in [0.15, 0.2) is 0 Å². The number of halogens is 3. The second-order valence-electron chi connectivity index (χ2n) is 4.19. The van der Waals surface area contributed by atoms with Crippen molar-refractivity contribution in [3.05, 3.63) is 51.0 Å². The standard InChI is InChI=1S/C14H11Cl3N2O2/c1-21-10-3-7(2-9(18)6-10)14(20)19-13-11(16)4-8(15)5-12(13)17/h2-6H,18H2,1H3,(H,19,20). The summed E-state index contributed by atoms with van der Waals surface area (Å²) in [5, 5.41) is 3.50. The number of benzene rings is 2. The number of anilines is 2. The highest BCUT2D eigenvalue weighted by atomic mass is 35.5. The molecule has 0 aliphatic rings. The van der Waals surface area contributed by atoms with Gasteiger partial charge in [-0.1, -0.05) is 34.8 Å². The van der Waals surface area contributed by atoms with E-state index in [1.54, 1.807) is 12.1 Å². The zero-order chi connectivity index (χ0) is 15.6. The SMILES string of the molecule is COc1cc(N)cc(C(=O)Nc2c(Cl)cc(Cl)cc2Cl)c1. The Morgan fingerprint density at radius 1 is 1.10 bits per heavy atom. The second-order valence-corrected chi connectivity index (χ2v) is 5.44. The molecule has 4 nitrogen and oxygen atoms in total. The normalized spacial score (nSPS) is 10.3. The first-order chi connectivity index (χ1) is 9.90. The van der Waals surface area contributed by atoms with Crippen LogP contribution in [0.2, 0.25) is 15.1 Å². The summed E-state index contributed by atoms with van der Waals surface area (Å²) in [4.78, 5) is 12.3. The Kier molecular flexibility index (Phi) is 4.83. The van der Waals surface area contributed by atoms with Gasteiger partial charge in [-0.2, -0.15) is 0 Å². The van der Waals surface area contributed by atoms with Crippen molar-refractivity contribution in [2.24, 2.45) is 0 Å². The molecule has 2 rings (SSSR count). The number of hydrogen-bond donors (Lipinski definition) is 2. The smallest absolute Gasteiger partial charge is 0.255 e. The monoisotopic (exact) mass is 344 g/mol. The van der Waals surface area contributed by atoms with Gasteiger partial charge in [0.1, 0.15) is 5.75 Å². The molecule has 0 aliphatic carbocycles. The van der Waals surface area contributed by atoms with Crippen molar-refractivity contribution >= 4 is 52.1 Å². The lowest BCUT2D eigenvalue weighted by Crippen LogP contribution is -2.13. The molecule has 0 aliphatic heterocycles. The van der Waals surface area contributed by atoms with Crippen molar-refractivity contribution in [1.82, 2.24) is 0 Å². The Bertz CT molecular complexity index is 682. The summed E-state index contributed by atoms with van der Waals surface area (Å²) < 4.78 is 5.07. The molecule has 0 saturated carbocycles. The first-order valence-corrected chi connectivity index (χ1v) is 6.94. The van der Waals surface area contributed by atoms with E-state index in [2.05, 4.69) is 5.32 Å². The Morgan fingerprint density at radius 2 is 1.71 bits per heavy atom. The fourth-order valence-corrected chi connectivity index (χ4v) is 2.63. The molecule has 2 aromatic rings. The first kappa shape index (κ1) is 15.8. The summed E-state index contributed by atoms with van der Waals surface area (Å²) >= 11 is 17.9. The first-order valence-electron chi connectivity index (χ1n) is 5.81. The maximum absolute atomic E-state index is 12.3. The molecule has 0 saturated heterocycles. The predicted molar refractivity (Wildman–Crippen MR) is 86.8 cm³/mol. The summed E-state index contributed by atoms with van der Waals surface area (Å²) in [6, 6.07) is 7.67. The van der Waals surface area contributed by atoms with Crippen LogP contribution in [-0.2, 0) is 0 Å². The van der Waals surface area contributed by atoms with Crippen LogP contribution in [0.5, 0.6) is 5.75 Å². The van der Waals surface area contributed by atoms with Gasteiger partial charge in [0.25, 0.3) is 5.91 Å². The van der Waals surface area contributed by atoms with Crippen LogP contribution in [-0.4, -0.2) is 13.0 Å². The molecule has 0 aromatic heterocycles. The Labute approximate surface area is 136 Å². The molecule has 0 spiro atoms. The fraction of sp³-hybridized carbons (Fsp3) is 0.0714. The summed E-state index contributed by atoms with van der Waals surface area (Å²) in [6.07, 6.45) is 0. The van der Waals surface area contributed by atoms with Gasteiger partial charge in [-0.15, -0.1) is 0 Å². The summed E-state index contributed by atoms with van der Waals surface area (Å²) in [5.41, 5.74) is 6.74. The number of nitrogens with two attached hydrogens (primary N) is 1. The van der Waals surface area contributed by atoms with Crippen LogP contribution in [0.15, 0.2) is 30.3 Å². The van der Waals surface area contributed by atoms with E-state index in [-0.39, 0.29) is 15.7 Å². The number of amides is 1. The Morgan fingerprint density at radius 3 is 2.29 bits per heavy atom. The molecule has 1 amide bonds. The van der Waals surface area contributed by atoms with Crippen LogP contribution in [0.1, 0.15) is 10.4 Å². The highest BCUT2D eigenvalue weighted by Crippen LogP contribution is 2.34. The Balaban J connectivity index is 2.32. The molecule has 0 bridgehead atoms. The Hall–Kier alpha value is -1.62. The molecule has 0 fully saturated rings. The van der Waals surface area contributed by atoms with Crippen molar-refractivity contribution in [1.29, 1.82) is 0 Å². The fourth-order valence-electron chi connectivity index (χ4n) is 1.72. The highest BCUT2D eigenvalue weighted by Gasteiger charge is 2.14. The van der Waals surface area contributed by atoms with Gasteiger partial charge in [0, 0.05) is 22.3 Å². The zero-order valence-electron chi connectivity index (χ0n) is 10.9. The van der Waals surface area contributed by atoms with E-state index in [9.17, 15) is 4.79 Å². The van der Waals surface area contributed by atoms with Gasteiger partial charge >= 0.3 is 0 Å². The van der Waals surface area contributed by atoms with E-state index in [1.165, 1.54) is 25.3 Å². The molecule has 0 radical (unpaired) electrons. The lowest BCUT2D eigenvalue weighted by atomic mass is 10.1. The number of carbonyl (C=O) groups is 1. The van der Waals surface area contributed by atoms with Gasteiger partial charge in [0.2, 0.25) is 0 Å². The molecule has 21 heavy (non-hydrogen) atoms. The number of methoxy groups -OCH3 is 1. The van der Waals surface area contributed by atoms with E-state index in [4.69, 9.17) is 45.3 Å². The van der Waals surface area contributed by atoms with Gasteiger partial charge in [-0.05, 0) is 24.3 Å². The molecular formula is C14H11Cl3N2O2. The zero-order valence-corrected chi connectivity index (χ0v) is 13.2. The minimum absolute atomic E-state index is 0.247. The molecule has 0 atom stereocenters. The van der Waals surface area contributed by atoms with Crippen LogP contribution in [0, 0.1) is 0 Å². The minimum atomic E-state index is -0.410. The molecular weight excluding hydrogens is 335 g/mol. The third kappa shape index (κ3) is 3.73. The highest BCUT2D eigenvalue weighted by molar-refractivity contribution is 6.42. The van der Waals surface area contributed by atoms with Crippen molar-refractivity contribution in [2.45, 2.75) is 0 Å². The van der Waals surface area contributed by atoms with Gasteiger partial charge < -0.3 is 15.8 Å². The molecule has 0 heterocycles. The number of ether oxygens (including phenoxy) is 1. The summed E-state index contributed by atoms with van der Waals surface area (Å²) in [5.74, 6) is 0.0696. The van der Waals surface area contributed by atoms with E-state index in [0.717, 1.165) is 0 Å². The van der Waals surface area contributed by atoms with Crippen molar-refractivity contribution < 1.29 is 9.53 Å². The third-order valence-electron chi connectivity index (χ3n) is 2.67. The lowest BCUT2D eigenvalue weighted by Gasteiger charge is -2.11. The van der Waals surface area contributed by atoms with Crippen LogP contribution in [0.3, 0.4) is 0 Å². The van der Waals surface area contributed by atoms with Crippen molar-refractivity contribution in [3.8, 4) is 5.75 Å². The number of nitrogens with one attached hydrogen (secondary N) is 1. The summed E-state index contributed by atoms with van der Waals surface area (Å²) in [6.45, 7) is 0. The van der Waals surface area contributed by atoms with E-state index in [1.807, 2.05) is 0 Å². The molecule has 3 N–H and O–H groups in total. The predicted octanol–water partition coefficient (Wildman–Crippen LogP) is 4.49. The topological polar surface area (TPSA) is 64.3 Å². The third-order valence-corrected chi connectivity index (χ3v) is 3.49. The maximum Gasteiger partial charge on any atom is 0.255 e. The van der Waals surface area contributed by atoms with Gasteiger partial charge in [-0.25, -0.2) is 0 Å². The van der Waals surface area contributed by atoms with Crippen molar-refractivity contribution in [3.63, 3.8) is 0 Å². The van der Waals surface area contributed by atoms with E-state index in [0.29, 0.717) is 22.0 Å². The summed E-state index contributed by atoms with van der Waals surface area (Å²) in [7, 11) is 1.49. The average Bonchev–Trinajstić information content (AvgIpc) is 2.41.